The smallest absolute Gasteiger partial charge is 0.272 e. The Morgan fingerprint density at radius 1 is 1.08 bits per heavy atom. The minimum atomic E-state index is -0.506. The van der Waals surface area contributed by atoms with E-state index >= 15 is 0 Å². The number of rotatable bonds is 5. The number of methoxy groups -OCH3 is 1. The number of benzene rings is 2. The molecule has 0 aromatic heterocycles. The molecule has 4 nitrogen and oxygen atoms in total. The highest BCUT2D eigenvalue weighted by Crippen LogP contribution is 2.41. The zero-order chi connectivity index (χ0) is 18.0. The van der Waals surface area contributed by atoms with Gasteiger partial charge in [0.1, 0.15) is 11.6 Å². The van der Waals surface area contributed by atoms with Gasteiger partial charge in [-0.1, -0.05) is 31.2 Å². The molecule has 0 saturated heterocycles. The largest absolute Gasteiger partial charge is 0.496 e. The van der Waals surface area contributed by atoms with Crippen LogP contribution in [-0.2, 0) is 9.59 Å². The molecule has 3 rings (SSSR count). The Morgan fingerprint density at radius 3 is 2.52 bits per heavy atom. The third-order valence-corrected chi connectivity index (χ3v) is 4.73. The second-order valence-corrected chi connectivity index (χ2v) is 6.54. The lowest BCUT2D eigenvalue weighted by molar-refractivity contribution is -0.119. The highest BCUT2D eigenvalue weighted by Gasteiger charge is 2.40. The molecule has 6 heteroatoms. The van der Waals surface area contributed by atoms with Gasteiger partial charge in [-0.25, -0.2) is 9.29 Å². The minimum Gasteiger partial charge on any atom is -0.496 e. The van der Waals surface area contributed by atoms with E-state index < -0.39 is 17.6 Å². The van der Waals surface area contributed by atoms with Gasteiger partial charge in [-0.15, -0.1) is 11.8 Å². The first-order valence-electron chi connectivity index (χ1n) is 7.73. The minimum absolute atomic E-state index is 0.217. The number of nitrogens with zero attached hydrogens (tertiary/aromatic N) is 1. The number of anilines is 1. The van der Waals surface area contributed by atoms with E-state index in [2.05, 4.69) is 0 Å². The van der Waals surface area contributed by atoms with Crippen molar-refractivity contribution in [2.45, 2.75) is 6.92 Å². The van der Waals surface area contributed by atoms with Crippen LogP contribution in [0.25, 0.3) is 5.57 Å². The van der Waals surface area contributed by atoms with Gasteiger partial charge in [0.15, 0.2) is 0 Å². The molecule has 1 heterocycles. The van der Waals surface area contributed by atoms with Crippen LogP contribution in [0, 0.1) is 5.82 Å². The summed E-state index contributed by atoms with van der Waals surface area (Å²) in [5.41, 5.74) is 1.06. The average Bonchev–Trinajstić information content (AvgIpc) is 2.85. The molecular formula is C19H16FNO3S. The fourth-order valence-corrected chi connectivity index (χ4v) is 3.57. The number of carbonyl (C=O) groups excluding carboxylic acids is 2. The van der Waals surface area contributed by atoms with Gasteiger partial charge in [0, 0.05) is 5.56 Å². The Labute approximate surface area is 149 Å². The Balaban J connectivity index is 2.14. The zero-order valence-corrected chi connectivity index (χ0v) is 14.6. The van der Waals surface area contributed by atoms with Crippen molar-refractivity contribution in [3.05, 3.63) is 64.8 Å². The van der Waals surface area contributed by atoms with E-state index in [0.717, 1.165) is 4.90 Å². The van der Waals surface area contributed by atoms with Crippen LogP contribution >= 0.6 is 11.8 Å². The zero-order valence-electron chi connectivity index (χ0n) is 13.8. The molecule has 128 valence electrons. The van der Waals surface area contributed by atoms with Crippen LogP contribution in [0.1, 0.15) is 12.5 Å². The number of amides is 2. The normalized spacial score (nSPS) is 14.4. The molecule has 0 saturated carbocycles. The molecule has 0 N–H and O–H groups in total. The summed E-state index contributed by atoms with van der Waals surface area (Å²) in [7, 11) is 1.51. The first kappa shape index (κ1) is 17.2. The van der Waals surface area contributed by atoms with Crippen molar-refractivity contribution in [2.24, 2.45) is 0 Å². The van der Waals surface area contributed by atoms with E-state index in [0.29, 0.717) is 27.5 Å². The molecule has 2 amide bonds. The fraction of sp³-hybridized carbons (Fsp3) is 0.158. The fourth-order valence-electron chi connectivity index (χ4n) is 2.73. The summed E-state index contributed by atoms with van der Waals surface area (Å²) in [4.78, 5) is 27.3. The summed E-state index contributed by atoms with van der Waals surface area (Å²) in [5, 5.41) is 0. The van der Waals surface area contributed by atoms with Gasteiger partial charge in [0.05, 0.1) is 23.3 Å². The van der Waals surface area contributed by atoms with Crippen LogP contribution < -0.4 is 9.64 Å². The molecule has 1 aliphatic rings. The summed E-state index contributed by atoms with van der Waals surface area (Å²) >= 11 is 1.29. The Hall–Kier alpha value is -2.60. The van der Waals surface area contributed by atoms with Gasteiger partial charge < -0.3 is 4.74 Å². The molecule has 0 bridgehead atoms. The lowest BCUT2D eigenvalue weighted by Gasteiger charge is -2.15. The monoisotopic (exact) mass is 357 g/mol. The standard InChI is InChI=1S/C19H16FNO3S/c1-3-25-17-16(14-9-4-5-10-15(14)24-2)18(22)21(19(17)23)13-8-6-7-12(20)11-13/h4-11H,3H2,1-2H3. The van der Waals surface area contributed by atoms with E-state index in [1.807, 2.05) is 6.92 Å². The Bertz CT molecular complexity index is 878. The number of imide groups is 1. The van der Waals surface area contributed by atoms with Gasteiger partial charge in [-0.3, -0.25) is 9.59 Å². The average molecular weight is 357 g/mol. The number of halogens is 1. The maximum absolute atomic E-state index is 13.6. The van der Waals surface area contributed by atoms with Crippen molar-refractivity contribution in [1.29, 1.82) is 0 Å². The van der Waals surface area contributed by atoms with Crippen molar-refractivity contribution >= 4 is 34.8 Å². The number of para-hydroxylation sites is 1. The van der Waals surface area contributed by atoms with Crippen LogP contribution in [0.4, 0.5) is 10.1 Å². The van der Waals surface area contributed by atoms with Crippen molar-refractivity contribution in [3.63, 3.8) is 0 Å². The quantitative estimate of drug-likeness (QED) is 0.762. The Morgan fingerprint density at radius 2 is 1.84 bits per heavy atom. The van der Waals surface area contributed by atoms with Crippen molar-refractivity contribution in [2.75, 3.05) is 17.8 Å². The summed E-state index contributed by atoms with van der Waals surface area (Å²) in [6.07, 6.45) is 0. The number of hydrogen-bond acceptors (Lipinski definition) is 4. The van der Waals surface area contributed by atoms with Crippen LogP contribution in [0.5, 0.6) is 5.75 Å². The van der Waals surface area contributed by atoms with Gasteiger partial charge in [0.25, 0.3) is 11.8 Å². The van der Waals surface area contributed by atoms with Gasteiger partial charge in [-0.2, -0.15) is 0 Å². The summed E-state index contributed by atoms with van der Waals surface area (Å²) in [6.45, 7) is 1.90. The second kappa shape index (κ2) is 7.11. The van der Waals surface area contributed by atoms with E-state index in [-0.39, 0.29) is 5.69 Å². The lowest BCUT2D eigenvalue weighted by atomic mass is 10.0. The van der Waals surface area contributed by atoms with Crippen LogP contribution in [0.15, 0.2) is 53.4 Å². The predicted octanol–water partition coefficient (Wildman–Crippen LogP) is 3.87. The molecule has 2 aromatic rings. The van der Waals surface area contributed by atoms with Gasteiger partial charge in [0.2, 0.25) is 0 Å². The van der Waals surface area contributed by atoms with Gasteiger partial charge in [-0.05, 0) is 30.0 Å². The summed E-state index contributed by atoms with van der Waals surface area (Å²) < 4.78 is 18.9. The van der Waals surface area contributed by atoms with Crippen molar-refractivity contribution < 1.29 is 18.7 Å². The molecule has 0 fully saturated rings. The number of ether oxygens (including phenoxy) is 1. The van der Waals surface area contributed by atoms with E-state index in [4.69, 9.17) is 4.74 Å². The third kappa shape index (κ3) is 3.05. The first-order chi connectivity index (χ1) is 12.1. The number of carbonyl (C=O) groups is 2. The number of hydrogen-bond donors (Lipinski definition) is 0. The van der Waals surface area contributed by atoms with Crippen molar-refractivity contribution in [3.8, 4) is 5.75 Å². The SMILES string of the molecule is CCSC1=C(c2ccccc2OC)C(=O)N(c2cccc(F)c2)C1=O. The van der Waals surface area contributed by atoms with Crippen LogP contribution in [0.2, 0.25) is 0 Å². The van der Waals surface area contributed by atoms with E-state index in [1.165, 1.54) is 43.1 Å². The second-order valence-electron chi connectivity index (χ2n) is 5.26. The maximum atomic E-state index is 13.6. The first-order valence-corrected chi connectivity index (χ1v) is 8.71. The molecule has 0 atom stereocenters. The highest BCUT2D eigenvalue weighted by atomic mass is 32.2. The van der Waals surface area contributed by atoms with Crippen LogP contribution in [0.3, 0.4) is 0 Å². The third-order valence-electron chi connectivity index (χ3n) is 3.77. The molecular weight excluding hydrogens is 341 g/mol. The lowest BCUT2D eigenvalue weighted by Crippen LogP contribution is -2.31. The summed E-state index contributed by atoms with van der Waals surface area (Å²) in [6, 6.07) is 12.5. The molecule has 0 unspecified atom stereocenters. The molecule has 0 spiro atoms. The Kier molecular flexibility index (Phi) is 4.90. The number of thioether (sulfide) groups is 1. The molecule has 0 aliphatic carbocycles. The topological polar surface area (TPSA) is 46.6 Å². The van der Waals surface area contributed by atoms with E-state index in [9.17, 15) is 14.0 Å². The molecule has 0 radical (unpaired) electrons. The molecule has 1 aliphatic heterocycles. The molecule has 2 aromatic carbocycles. The maximum Gasteiger partial charge on any atom is 0.272 e. The van der Waals surface area contributed by atoms with Crippen LogP contribution in [-0.4, -0.2) is 24.7 Å². The highest BCUT2D eigenvalue weighted by molar-refractivity contribution is 8.04. The predicted molar refractivity (Wildman–Crippen MR) is 96.9 cm³/mol. The van der Waals surface area contributed by atoms with Gasteiger partial charge >= 0.3 is 0 Å². The summed E-state index contributed by atoms with van der Waals surface area (Å²) in [5.74, 6) is -0.286. The van der Waals surface area contributed by atoms with Crippen molar-refractivity contribution in [1.82, 2.24) is 0 Å². The molecule has 25 heavy (non-hydrogen) atoms. The van der Waals surface area contributed by atoms with E-state index in [1.54, 1.807) is 24.3 Å².